The first kappa shape index (κ1) is 103. The number of nitrogen functional groups attached to an aromatic ring is 1. The third-order valence-electron chi connectivity index (χ3n) is 18.1. The van der Waals surface area contributed by atoms with Crippen molar-refractivity contribution in [2.24, 2.45) is 0 Å². The molecule has 26 heteroatoms. The van der Waals surface area contributed by atoms with Gasteiger partial charge in [-0.25, -0.2) is 27.2 Å². The summed E-state index contributed by atoms with van der Waals surface area (Å²) in [5, 5.41) is 21.7. The van der Waals surface area contributed by atoms with Crippen LogP contribution in [-0.4, -0.2) is 54.9 Å². The normalized spacial score (nSPS) is 10.2. The molecule has 0 atom stereocenters. The minimum Gasteiger partial charge on any atom is -0.465 e. The first-order valence-electron chi connectivity index (χ1n) is 35.7. The summed E-state index contributed by atoms with van der Waals surface area (Å²) >= 11 is 43.7. The number of carbonyl (C=O) groups excluding carboxylic acids is 3. The summed E-state index contributed by atoms with van der Waals surface area (Å²) in [5.41, 5.74) is 25.6. The number of anilines is 7. The molecule has 0 aliphatic rings. The molecule has 13 aromatic rings. The van der Waals surface area contributed by atoms with Gasteiger partial charge in [-0.1, -0.05) is 172 Å². The van der Waals surface area contributed by atoms with Gasteiger partial charge in [0.1, 0.15) is 23.3 Å². The van der Waals surface area contributed by atoms with Gasteiger partial charge in [0.05, 0.1) is 37.6 Å². The number of halogens is 13. The Labute approximate surface area is 794 Å². The number of aliphatic hydroxyl groups is 1. The number of aldehydes is 1. The number of hydrogen-bond acceptors (Lipinski definition) is 11. The summed E-state index contributed by atoms with van der Waals surface area (Å²) in [4.78, 5) is 34.4. The first-order valence-corrected chi connectivity index (χ1v) is 42.1. The molecule has 0 unspecified atom stereocenters. The second-order valence-electron chi connectivity index (χ2n) is 26.6. The number of aliphatic hydroxyl groups excluding tert-OH is 1. The molecule has 0 bridgehead atoms. The molecule has 0 saturated heterocycles. The summed E-state index contributed by atoms with van der Waals surface area (Å²) in [5.74, 6) is -1.29. The van der Waals surface area contributed by atoms with Crippen LogP contribution in [0.2, 0.25) is 20.1 Å². The SMILES string of the molecule is C.COC(=O)c1cc(Br)ccc1N.COC(=O)c1cc(Br)ccc1Nc1cc(F)c(-c2ccc(Cl)c(C)c2)cc1C.Cc1cc(-c2cc(C)c(I)cc2F)ccc1Cl.Cc1cc(-c2cc(C)c(Nc3ccc(Br)cc3C=O)cc2F)ccc1Cl.Cc1cc(-c2cc(C)c(Nc3ccc(Br)cc3CO)cc2F)ccc1Cl.SCc1ccccc1.[AlH4-].[Li+]. The van der Waals surface area contributed by atoms with E-state index >= 15 is 0 Å². The predicted octanol–water partition coefficient (Wildman–Crippen LogP) is 26.4. The van der Waals surface area contributed by atoms with Crippen LogP contribution in [0.4, 0.5) is 57.4 Å². The molecule has 0 aliphatic heterocycles. The van der Waals surface area contributed by atoms with E-state index in [1.54, 1.807) is 103 Å². The molecule has 120 heavy (non-hydrogen) atoms. The van der Waals surface area contributed by atoms with Crippen molar-refractivity contribution in [3.05, 3.63) is 362 Å². The van der Waals surface area contributed by atoms with Crippen LogP contribution >= 0.6 is 145 Å². The number of methoxy groups -OCH3 is 2. The number of aryl methyl sites for hydroxylation is 8. The summed E-state index contributed by atoms with van der Waals surface area (Å²) < 4.78 is 71.8. The fourth-order valence-electron chi connectivity index (χ4n) is 11.5. The van der Waals surface area contributed by atoms with Crippen molar-refractivity contribution in [1.29, 1.82) is 0 Å². The van der Waals surface area contributed by atoms with Gasteiger partial charge in [0, 0.05) is 132 Å². The van der Waals surface area contributed by atoms with Crippen LogP contribution in [0, 0.1) is 82.2 Å². The molecule has 0 saturated carbocycles. The van der Waals surface area contributed by atoms with Crippen molar-refractivity contribution in [2.45, 2.75) is 75.2 Å². The first-order chi connectivity index (χ1) is 55.6. The summed E-state index contributed by atoms with van der Waals surface area (Å²) in [6.07, 6.45) is 0.768. The Morgan fingerprint density at radius 2 is 0.767 bits per heavy atom. The zero-order valence-electron chi connectivity index (χ0n) is 65.8. The Kier molecular flexibility index (Phi) is 42.3. The third-order valence-corrected chi connectivity index (χ3v) is 23.3. The summed E-state index contributed by atoms with van der Waals surface area (Å²) in [6, 6.07) is 66.4. The molecule has 6 N–H and O–H groups in total. The van der Waals surface area contributed by atoms with Crippen molar-refractivity contribution in [3.8, 4) is 44.5 Å². The molecule has 10 nitrogen and oxygen atoms in total. The second kappa shape index (κ2) is 49.2. The molecule has 0 fully saturated rings. The average Bonchev–Trinajstić information content (AvgIpc) is 0.807. The summed E-state index contributed by atoms with van der Waals surface area (Å²) in [7, 11) is 2.64. The van der Waals surface area contributed by atoms with Crippen molar-refractivity contribution < 1.29 is 65.4 Å². The van der Waals surface area contributed by atoms with Gasteiger partial charge in [-0.3, -0.25) is 4.79 Å². The molecular weight excluding hydrogens is 2010 g/mol. The van der Waals surface area contributed by atoms with Crippen LogP contribution in [-0.2, 0) is 21.8 Å². The molecule has 13 aromatic carbocycles. The molecule has 0 aromatic heterocycles. The van der Waals surface area contributed by atoms with E-state index in [0.717, 1.165) is 112 Å². The van der Waals surface area contributed by atoms with E-state index in [2.05, 4.69) is 132 Å². The maximum atomic E-state index is 14.9. The minimum absolute atomic E-state index is 0. The van der Waals surface area contributed by atoms with E-state index in [1.165, 1.54) is 38.0 Å². The van der Waals surface area contributed by atoms with Crippen molar-refractivity contribution in [3.63, 3.8) is 0 Å². The maximum Gasteiger partial charge on any atom is 1.00 e. The number of thiol groups is 1. The van der Waals surface area contributed by atoms with E-state index in [-0.39, 0.29) is 73.5 Å². The number of rotatable bonds is 15. The fourth-order valence-corrected chi connectivity index (χ4v) is 14.2. The topological polar surface area (TPSA) is 152 Å². The number of hydrogen-bond donors (Lipinski definition) is 6. The van der Waals surface area contributed by atoms with Gasteiger partial charge >= 0.3 is 30.8 Å². The quantitative estimate of drug-likeness (QED) is 0.0111. The number of nitrogens with one attached hydrogen (secondary N) is 3. The smallest absolute Gasteiger partial charge is 0.465 e. The molecule has 0 radical (unpaired) electrons. The number of ether oxygens (including phenoxy) is 2. The van der Waals surface area contributed by atoms with Gasteiger partial charge in [0.15, 0.2) is 6.29 Å². The van der Waals surface area contributed by atoms with Crippen LogP contribution < -0.4 is 40.5 Å². The zero-order valence-corrected chi connectivity index (χ0v) is 78.2. The van der Waals surface area contributed by atoms with Crippen molar-refractivity contribution in [2.75, 3.05) is 35.9 Å². The van der Waals surface area contributed by atoms with Crippen LogP contribution in [0.1, 0.15) is 94.1 Å². The molecular formula is C94H87AlBr4Cl4F4ILiN4O6S. The van der Waals surface area contributed by atoms with Gasteiger partial charge in [0.2, 0.25) is 0 Å². The zero-order chi connectivity index (χ0) is 85.6. The Morgan fingerprint density at radius 1 is 0.433 bits per heavy atom. The van der Waals surface area contributed by atoms with E-state index in [4.69, 9.17) is 56.9 Å². The van der Waals surface area contributed by atoms with Gasteiger partial charge in [-0.15, -0.1) is 0 Å². The number of benzene rings is 13. The summed E-state index contributed by atoms with van der Waals surface area (Å²) in [6.45, 7) is 15.2. The van der Waals surface area contributed by atoms with Gasteiger partial charge < -0.3 is 36.3 Å². The molecule has 0 amide bonds. The number of nitrogens with two attached hydrogens (primary N) is 1. The van der Waals surface area contributed by atoms with Gasteiger partial charge in [0.25, 0.3) is 0 Å². The van der Waals surface area contributed by atoms with Gasteiger partial charge in [-0.05, 0) is 320 Å². The Balaban J connectivity index is 0.000000264. The molecule has 0 aliphatic carbocycles. The van der Waals surface area contributed by atoms with Crippen LogP contribution in [0.3, 0.4) is 0 Å². The molecule has 620 valence electrons. The van der Waals surface area contributed by atoms with Crippen molar-refractivity contribution in [1.82, 2.24) is 0 Å². The van der Waals surface area contributed by atoms with Gasteiger partial charge in [-0.2, -0.15) is 12.6 Å². The molecule has 0 spiro atoms. The number of carbonyl (C=O) groups is 3. The standard InChI is InChI=1S/C22H18BrClFNO2.C21H18BrClFNO.C21H16BrClFNO.C14H11ClFI.C8H8BrNO2.C7H8S.CH4.Al.Li.4H/c1-12-8-14(4-6-18(12)24)16-9-13(2)21(11-19(16)25)26-20-7-5-15(23)10-17(20)22(27)28-3;2*1-12-7-14(3-5-18(12)23)17-8-13(2)21(10-19(17)24)25-20-6-4-16(22)9-15(20)11-26;1-8-5-10(3-4-12(8)15)11-6-9(2)14(17)7-13(11)16;1-12-8(11)6-4-5(9)2-3-7(6)10;8-6-7-4-2-1-3-5-7;;;;;;;/h4-11,26H,1-3H3;3-10,25-26H,11H2,1-2H3;3-11,25H,1-2H3;3-7H,1-2H3;2-4H,10H2,1H3;1-5,8H,6H2;1H4;;;;;;/q;;;;;;;-1;+1;;;;. The minimum atomic E-state index is -0.477. The predicted molar refractivity (Wildman–Crippen MR) is 520 cm³/mol. The van der Waals surface area contributed by atoms with E-state index < -0.39 is 11.9 Å². The Morgan fingerprint density at radius 3 is 1.14 bits per heavy atom. The monoisotopic (exact) mass is 2090 g/mol. The van der Waals surface area contributed by atoms with Crippen LogP contribution in [0.15, 0.2) is 242 Å². The van der Waals surface area contributed by atoms with Crippen LogP contribution in [0.25, 0.3) is 44.5 Å². The Bertz CT molecular complexity index is 5820. The second-order valence-corrected chi connectivity index (χ2v) is 33.4. The molecule has 13 rings (SSSR count). The van der Waals surface area contributed by atoms with E-state index in [1.807, 2.05) is 146 Å². The number of esters is 2. The van der Waals surface area contributed by atoms with Crippen LogP contribution in [0.5, 0.6) is 0 Å². The maximum absolute atomic E-state index is 14.9. The molecule has 0 heterocycles. The third kappa shape index (κ3) is 28.9. The van der Waals surface area contributed by atoms with E-state index in [0.29, 0.717) is 93.2 Å². The average molecular weight is 2100 g/mol. The van der Waals surface area contributed by atoms with E-state index in [9.17, 15) is 37.1 Å². The fraction of sp³-hybridized carbons (Fsp3) is 0.138. The Hall–Kier alpha value is -7.36. The largest absolute Gasteiger partial charge is 1.00 e. The van der Waals surface area contributed by atoms with Crippen molar-refractivity contribution >= 4 is 221 Å².